The lowest BCUT2D eigenvalue weighted by atomic mass is 9.98. The lowest BCUT2D eigenvalue weighted by Crippen LogP contribution is -2.41. The highest BCUT2D eigenvalue weighted by Gasteiger charge is 2.22. The van der Waals surface area contributed by atoms with Gasteiger partial charge in [0.15, 0.2) is 0 Å². The number of aryl methyl sites for hydroxylation is 1. The van der Waals surface area contributed by atoms with Crippen molar-refractivity contribution in [1.29, 1.82) is 0 Å². The maximum absolute atomic E-state index is 12.1. The highest BCUT2D eigenvalue weighted by atomic mass is 16.5. The molecule has 0 aromatic heterocycles. The number of rotatable bonds is 3. The summed E-state index contributed by atoms with van der Waals surface area (Å²) >= 11 is 0. The number of urea groups is 1. The average molecular weight is 262 g/mol. The number of amides is 2. The van der Waals surface area contributed by atoms with Gasteiger partial charge in [-0.2, -0.15) is 0 Å². The predicted molar refractivity (Wildman–Crippen MR) is 76.4 cm³/mol. The van der Waals surface area contributed by atoms with E-state index < -0.39 is 0 Å². The molecular formula is C15H22N2O2. The van der Waals surface area contributed by atoms with Crippen molar-refractivity contribution < 1.29 is 9.53 Å². The third kappa shape index (κ3) is 3.96. The zero-order valence-corrected chi connectivity index (χ0v) is 11.7. The lowest BCUT2D eigenvalue weighted by Gasteiger charge is -2.31. The molecule has 1 aliphatic heterocycles. The highest BCUT2D eigenvalue weighted by Crippen LogP contribution is 2.18. The van der Waals surface area contributed by atoms with Crippen molar-refractivity contribution in [2.75, 3.05) is 32.1 Å². The van der Waals surface area contributed by atoms with Crippen LogP contribution in [0.15, 0.2) is 24.3 Å². The third-order valence-corrected chi connectivity index (χ3v) is 3.57. The monoisotopic (exact) mass is 262 g/mol. The number of nitrogens with one attached hydrogen (secondary N) is 1. The average Bonchev–Trinajstić information content (AvgIpc) is 2.40. The van der Waals surface area contributed by atoms with E-state index in [0.717, 1.165) is 43.8 Å². The van der Waals surface area contributed by atoms with Crippen LogP contribution in [0.4, 0.5) is 10.5 Å². The minimum absolute atomic E-state index is 0.00136. The molecule has 2 rings (SSSR count). The molecule has 1 N–H and O–H groups in total. The fourth-order valence-corrected chi connectivity index (χ4v) is 2.46. The van der Waals surface area contributed by atoms with Gasteiger partial charge in [-0.15, -0.1) is 0 Å². The van der Waals surface area contributed by atoms with Gasteiger partial charge in [-0.1, -0.05) is 12.1 Å². The molecule has 2 amide bonds. The summed E-state index contributed by atoms with van der Waals surface area (Å²) in [4.78, 5) is 14.0. The van der Waals surface area contributed by atoms with E-state index in [2.05, 4.69) is 5.32 Å². The maximum atomic E-state index is 12.1. The molecule has 4 nitrogen and oxygen atoms in total. The largest absolute Gasteiger partial charge is 0.384 e. The van der Waals surface area contributed by atoms with Gasteiger partial charge >= 0.3 is 6.03 Å². The smallest absolute Gasteiger partial charge is 0.321 e. The van der Waals surface area contributed by atoms with Crippen LogP contribution in [0.2, 0.25) is 0 Å². The Morgan fingerprint density at radius 1 is 1.42 bits per heavy atom. The number of hydrogen-bond donors (Lipinski definition) is 1. The van der Waals surface area contributed by atoms with E-state index in [1.165, 1.54) is 0 Å². The molecule has 0 aliphatic carbocycles. The molecule has 0 unspecified atom stereocenters. The Balaban J connectivity index is 1.84. The van der Waals surface area contributed by atoms with E-state index in [4.69, 9.17) is 4.74 Å². The topological polar surface area (TPSA) is 41.6 Å². The molecular weight excluding hydrogens is 240 g/mol. The molecule has 19 heavy (non-hydrogen) atoms. The van der Waals surface area contributed by atoms with Crippen LogP contribution in [0.25, 0.3) is 0 Å². The number of hydrogen-bond acceptors (Lipinski definition) is 2. The zero-order chi connectivity index (χ0) is 13.7. The molecule has 1 aromatic carbocycles. The van der Waals surface area contributed by atoms with Gasteiger partial charge in [0.05, 0.1) is 0 Å². The van der Waals surface area contributed by atoms with Crippen LogP contribution < -0.4 is 5.32 Å². The van der Waals surface area contributed by atoms with Gasteiger partial charge in [-0.05, 0) is 43.4 Å². The number of carbonyl (C=O) groups excluding carboxylic acids is 1. The lowest BCUT2D eigenvalue weighted by molar-refractivity contribution is 0.110. The molecule has 1 fully saturated rings. The summed E-state index contributed by atoms with van der Waals surface area (Å²) in [7, 11) is 1.73. The van der Waals surface area contributed by atoms with E-state index >= 15 is 0 Å². The number of likely N-dealkylation sites (tertiary alicyclic amines) is 1. The maximum Gasteiger partial charge on any atom is 0.321 e. The van der Waals surface area contributed by atoms with E-state index in [9.17, 15) is 4.79 Å². The Labute approximate surface area is 114 Å². The Bertz CT molecular complexity index is 426. The van der Waals surface area contributed by atoms with Crippen LogP contribution in [0, 0.1) is 12.8 Å². The molecule has 1 saturated heterocycles. The molecule has 0 saturated carbocycles. The van der Waals surface area contributed by atoms with Crippen LogP contribution in [0.3, 0.4) is 0 Å². The number of ether oxygens (including phenoxy) is 1. The first kappa shape index (κ1) is 13.9. The molecule has 0 bridgehead atoms. The van der Waals surface area contributed by atoms with Crippen LogP contribution in [0.5, 0.6) is 0 Å². The number of piperidine rings is 1. The van der Waals surface area contributed by atoms with Gasteiger partial charge in [0.2, 0.25) is 0 Å². The number of nitrogens with zero attached hydrogens (tertiary/aromatic N) is 1. The number of anilines is 1. The van der Waals surface area contributed by atoms with Crippen LogP contribution in [0.1, 0.15) is 18.4 Å². The van der Waals surface area contributed by atoms with Crippen molar-refractivity contribution in [1.82, 2.24) is 4.90 Å². The van der Waals surface area contributed by atoms with E-state index in [1.807, 2.05) is 36.1 Å². The number of carbonyl (C=O) groups is 1. The molecule has 0 radical (unpaired) electrons. The molecule has 1 aromatic rings. The first-order valence-corrected chi connectivity index (χ1v) is 6.80. The Hall–Kier alpha value is -1.55. The van der Waals surface area contributed by atoms with Gasteiger partial charge in [-0.3, -0.25) is 0 Å². The summed E-state index contributed by atoms with van der Waals surface area (Å²) in [5.41, 5.74) is 2.01. The molecule has 0 spiro atoms. The zero-order valence-electron chi connectivity index (χ0n) is 11.7. The second-order valence-electron chi connectivity index (χ2n) is 5.19. The van der Waals surface area contributed by atoms with Gasteiger partial charge in [0.1, 0.15) is 0 Å². The second-order valence-corrected chi connectivity index (χ2v) is 5.19. The standard InChI is InChI=1S/C15H22N2O2/c1-12-4-3-5-14(10-12)16-15(18)17-8-6-13(7-9-17)11-19-2/h3-5,10,13H,6-9,11H2,1-2H3,(H,16,18). The Morgan fingerprint density at radius 3 is 2.79 bits per heavy atom. The minimum Gasteiger partial charge on any atom is -0.384 e. The molecule has 1 aliphatic rings. The molecule has 1 heterocycles. The first-order chi connectivity index (χ1) is 9.19. The van der Waals surface area contributed by atoms with Crippen molar-refractivity contribution in [2.24, 2.45) is 5.92 Å². The van der Waals surface area contributed by atoms with Crippen molar-refractivity contribution in [3.63, 3.8) is 0 Å². The fourth-order valence-electron chi connectivity index (χ4n) is 2.46. The minimum atomic E-state index is 0.00136. The van der Waals surface area contributed by atoms with Crippen molar-refractivity contribution >= 4 is 11.7 Å². The summed E-state index contributed by atoms with van der Waals surface area (Å²) in [6.45, 7) is 4.44. The normalized spacial score (nSPS) is 16.4. The first-order valence-electron chi connectivity index (χ1n) is 6.80. The summed E-state index contributed by atoms with van der Waals surface area (Å²) in [5, 5.41) is 2.96. The quantitative estimate of drug-likeness (QED) is 0.910. The van der Waals surface area contributed by atoms with Crippen LogP contribution >= 0.6 is 0 Å². The number of benzene rings is 1. The van der Waals surface area contributed by atoms with Gasteiger partial charge in [0, 0.05) is 32.5 Å². The molecule has 4 heteroatoms. The fraction of sp³-hybridized carbons (Fsp3) is 0.533. The summed E-state index contributed by atoms with van der Waals surface area (Å²) in [5.74, 6) is 0.591. The van der Waals surface area contributed by atoms with Crippen molar-refractivity contribution in [3.8, 4) is 0 Å². The van der Waals surface area contributed by atoms with Crippen molar-refractivity contribution in [3.05, 3.63) is 29.8 Å². The predicted octanol–water partition coefficient (Wildman–Crippen LogP) is 2.89. The third-order valence-electron chi connectivity index (χ3n) is 3.57. The highest BCUT2D eigenvalue weighted by molar-refractivity contribution is 5.89. The summed E-state index contributed by atoms with van der Waals surface area (Å²) < 4.78 is 5.17. The Morgan fingerprint density at radius 2 is 2.16 bits per heavy atom. The Kier molecular flexibility index (Phi) is 4.80. The molecule has 0 atom stereocenters. The van der Waals surface area contributed by atoms with E-state index in [1.54, 1.807) is 7.11 Å². The van der Waals surface area contributed by atoms with E-state index in [0.29, 0.717) is 5.92 Å². The van der Waals surface area contributed by atoms with Crippen molar-refractivity contribution in [2.45, 2.75) is 19.8 Å². The van der Waals surface area contributed by atoms with Gasteiger partial charge in [-0.25, -0.2) is 4.79 Å². The number of methoxy groups -OCH3 is 1. The van der Waals surface area contributed by atoms with Crippen LogP contribution in [-0.2, 0) is 4.74 Å². The van der Waals surface area contributed by atoms with E-state index in [-0.39, 0.29) is 6.03 Å². The summed E-state index contributed by atoms with van der Waals surface area (Å²) in [6.07, 6.45) is 2.05. The molecule has 104 valence electrons. The summed E-state index contributed by atoms with van der Waals surface area (Å²) in [6, 6.07) is 7.88. The SMILES string of the molecule is COCC1CCN(C(=O)Nc2cccc(C)c2)CC1. The van der Waals surface area contributed by atoms with Gasteiger partial charge < -0.3 is 15.0 Å². The van der Waals surface area contributed by atoms with Gasteiger partial charge in [0.25, 0.3) is 0 Å². The van der Waals surface area contributed by atoms with Crippen LogP contribution in [-0.4, -0.2) is 37.7 Å². The second kappa shape index (κ2) is 6.57.